The Hall–Kier alpha value is -2.19. The van der Waals surface area contributed by atoms with Crippen LogP contribution in [0.2, 0.25) is 0 Å². The molecule has 0 aliphatic carbocycles. The lowest BCUT2D eigenvalue weighted by Gasteiger charge is -2.15. The van der Waals surface area contributed by atoms with Crippen molar-refractivity contribution in [2.45, 2.75) is 45.4 Å². The molecule has 0 spiro atoms. The molecule has 2 aromatic heterocycles. The maximum absolute atomic E-state index is 13.0. The minimum atomic E-state index is -0.309. The van der Waals surface area contributed by atoms with Crippen LogP contribution in [0.3, 0.4) is 0 Å². The minimum Gasteiger partial charge on any atom is -0.349 e. The van der Waals surface area contributed by atoms with Gasteiger partial charge in [0.05, 0.1) is 17.2 Å². The van der Waals surface area contributed by atoms with Gasteiger partial charge in [-0.2, -0.15) is 0 Å². The molecule has 1 amide bonds. The zero-order chi connectivity index (χ0) is 20.4. The number of carbonyl (C=O) groups is 1. The lowest BCUT2D eigenvalue weighted by atomic mass is 10.1. The third kappa shape index (κ3) is 4.12. The highest BCUT2D eigenvalue weighted by Gasteiger charge is 2.17. The van der Waals surface area contributed by atoms with E-state index in [-0.39, 0.29) is 29.1 Å². The summed E-state index contributed by atoms with van der Waals surface area (Å²) >= 11 is 2.75. The van der Waals surface area contributed by atoms with Gasteiger partial charge < -0.3 is 5.32 Å². The fourth-order valence-corrected chi connectivity index (χ4v) is 4.89. The smallest absolute Gasteiger partial charge is 0.263 e. The maximum Gasteiger partial charge on any atom is 0.263 e. The number of benzene rings is 1. The highest BCUT2D eigenvalue weighted by molar-refractivity contribution is 7.99. The predicted molar refractivity (Wildman–Crippen MR) is 113 cm³/mol. The van der Waals surface area contributed by atoms with Gasteiger partial charge in [-0.3, -0.25) is 14.2 Å². The molecule has 0 bridgehead atoms. The quantitative estimate of drug-likeness (QED) is 0.480. The van der Waals surface area contributed by atoms with Crippen LogP contribution in [-0.4, -0.2) is 21.2 Å². The Morgan fingerprint density at radius 1 is 1.32 bits per heavy atom. The van der Waals surface area contributed by atoms with E-state index in [1.165, 1.54) is 35.2 Å². The van der Waals surface area contributed by atoms with Gasteiger partial charge in [0.25, 0.3) is 5.56 Å². The van der Waals surface area contributed by atoms with E-state index < -0.39 is 0 Å². The van der Waals surface area contributed by atoms with Crippen LogP contribution in [0.4, 0.5) is 4.39 Å². The molecule has 1 aromatic carbocycles. The summed E-state index contributed by atoms with van der Waals surface area (Å²) in [5.74, 6) is -0.333. The lowest BCUT2D eigenvalue weighted by molar-refractivity contribution is -0.119. The topological polar surface area (TPSA) is 64.0 Å². The van der Waals surface area contributed by atoms with Crippen LogP contribution in [0.5, 0.6) is 0 Å². The Bertz CT molecular complexity index is 1070. The SMILES string of the molecule is CCn1c(SCC(=O)NC(C)c2ccc(F)cc2)nc2sc(C)c(C)c2c1=O. The average Bonchev–Trinajstić information content (AvgIpc) is 2.94. The van der Waals surface area contributed by atoms with E-state index in [1.807, 2.05) is 27.7 Å². The number of carbonyl (C=O) groups excluding carboxylic acids is 1. The normalized spacial score (nSPS) is 12.3. The fourth-order valence-electron chi connectivity index (χ4n) is 2.95. The highest BCUT2D eigenvalue weighted by atomic mass is 32.2. The summed E-state index contributed by atoms with van der Waals surface area (Å²) in [5.41, 5.74) is 1.74. The minimum absolute atomic E-state index is 0.0584. The van der Waals surface area contributed by atoms with Crippen molar-refractivity contribution in [3.63, 3.8) is 0 Å². The average molecular weight is 420 g/mol. The van der Waals surface area contributed by atoms with Crippen molar-refractivity contribution in [2.75, 3.05) is 5.75 Å². The zero-order valence-electron chi connectivity index (χ0n) is 16.2. The molecule has 28 heavy (non-hydrogen) atoms. The zero-order valence-corrected chi connectivity index (χ0v) is 17.8. The fraction of sp³-hybridized carbons (Fsp3) is 0.350. The van der Waals surface area contributed by atoms with Crippen LogP contribution in [0.25, 0.3) is 10.2 Å². The molecule has 0 saturated carbocycles. The van der Waals surface area contributed by atoms with E-state index in [2.05, 4.69) is 10.3 Å². The molecule has 148 valence electrons. The van der Waals surface area contributed by atoms with Gasteiger partial charge in [0.15, 0.2) is 5.16 Å². The molecule has 0 aliphatic rings. The molecular weight excluding hydrogens is 397 g/mol. The number of fused-ring (bicyclic) bond motifs is 1. The van der Waals surface area contributed by atoms with Crippen molar-refractivity contribution in [3.8, 4) is 0 Å². The molecule has 0 aliphatic heterocycles. The van der Waals surface area contributed by atoms with Crippen LogP contribution in [0, 0.1) is 19.7 Å². The summed E-state index contributed by atoms with van der Waals surface area (Å²) in [6.07, 6.45) is 0. The van der Waals surface area contributed by atoms with Gasteiger partial charge >= 0.3 is 0 Å². The van der Waals surface area contributed by atoms with Gasteiger partial charge in [-0.25, -0.2) is 9.37 Å². The number of hydrogen-bond donors (Lipinski definition) is 1. The second kappa shape index (κ2) is 8.45. The number of rotatable bonds is 6. The molecule has 3 rings (SSSR count). The van der Waals surface area contributed by atoms with Crippen molar-refractivity contribution in [3.05, 3.63) is 56.4 Å². The Balaban J connectivity index is 1.74. The first kappa shape index (κ1) is 20.5. The van der Waals surface area contributed by atoms with Gasteiger partial charge in [-0.05, 0) is 51.0 Å². The van der Waals surface area contributed by atoms with Crippen LogP contribution in [0.15, 0.2) is 34.2 Å². The Kier molecular flexibility index (Phi) is 6.20. The number of nitrogens with one attached hydrogen (secondary N) is 1. The van der Waals surface area contributed by atoms with Gasteiger partial charge in [-0.15, -0.1) is 11.3 Å². The van der Waals surface area contributed by atoms with E-state index in [9.17, 15) is 14.0 Å². The second-order valence-electron chi connectivity index (χ2n) is 6.54. The lowest BCUT2D eigenvalue weighted by Crippen LogP contribution is -2.29. The molecule has 2 heterocycles. The van der Waals surface area contributed by atoms with Crippen molar-refractivity contribution in [1.82, 2.24) is 14.9 Å². The van der Waals surface area contributed by atoms with Gasteiger partial charge in [0, 0.05) is 11.4 Å². The van der Waals surface area contributed by atoms with E-state index in [0.29, 0.717) is 21.9 Å². The first-order chi connectivity index (χ1) is 13.3. The first-order valence-corrected chi connectivity index (χ1v) is 10.8. The van der Waals surface area contributed by atoms with Gasteiger partial charge in [0.2, 0.25) is 5.91 Å². The summed E-state index contributed by atoms with van der Waals surface area (Å²) in [4.78, 5) is 31.6. The number of thiophene rings is 1. The third-order valence-corrected chi connectivity index (χ3v) is 6.73. The molecule has 1 unspecified atom stereocenters. The van der Waals surface area contributed by atoms with Crippen LogP contribution >= 0.6 is 23.1 Å². The monoisotopic (exact) mass is 419 g/mol. The standard InChI is InChI=1S/C20H22FN3O2S2/c1-5-24-19(26)17-11(2)13(4)28-18(17)23-20(24)27-10-16(25)22-12(3)14-6-8-15(21)9-7-14/h6-9,12H,5,10H2,1-4H3,(H,22,25). The van der Waals surface area contributed by atoms with Crippen LogP contribution in [0.1, 0.15) is 35.9 Å². The molecular formula is C20H22FN3O2S2. The second-order valence-corrected chi connectivity index (χ2v) is 8.68. The molecule has 8 heteroatoms. The molecule has 0 radical (unpaired) electrons. The highest BCUT2D eigenvalue weighted by Crippen LogP contribution is 2.28. The third-order valence-electron chi connectivity index (χ3n) is 4.65. The van der Waals surface area contributed by atoms with E-state index >= 15 is 0 Å². The number of amides is 1. The van der Waals surface area contributed by atoms with Crippen molar-refractivity contribution in [2.24, 2.45) is 0 Å². The van der Waals surface area contributed by atoms with Gasteiger partial charge in [-0.1, -0.05) is 23.9 Å². The van der Waals surface area contributed by atoms with Crippen molar-refractivity contribution >= 4 is 39.2 Å². The summed E-state index contributed by atoms with van der Waals surface area (Å²) in [6.45, 7) is 8.15. The summed E-state index contributed by atoms with van der Waals surface area (Å²) in [6, 6.07) is 5.81. The van der Waals surface area contributed by atoms with Crippen molar-refractivity contribution in [1.29, 1.82) is 0 Å². The van der Waals surface area contributed by atoms with E-state index in [1.54, 1.807) is 16.7 Å². The molecule has 3 aromatic rings. The number of halogens is 1. The van der Waals surface area contributed by atoms with E-state index in [0.717, 1.165) is 16.0 Å². The van der Waals surface area contributed by atoms with E-state index in [4.69, 9.17) is 0 Å². The summed E-state index contributed by atoms with van der Waals surface area (Å²) in [7, 11) is 0. The Labute approximate surface area is 171 Å². The molecule has 0 fully saturated rings. The number of aryl methyl sites for hydroxylation is 2. The Morgan fingerprint density at radius 3 is 2.64 bits per heavy atom. The molecule has 1 atom stereocenters. The predicted octanol–water partition coefficient (Wildman–Crippen LogP) is 4.20. The first-order valence-electron chi connectivity index (χ1n) is 9.00. The van der Waals surface area contributed by atoms with Gasteiger partial charge in [0.1, 0.15) is 10.6 Å². The number of aromatic nitrogens is 2. The van der Waals surface area contributed by atoms with Crippen LogP contribution in [-0.2, 0) is 11.3 Å². The summed E-state index contributed by atoms with van der Waals surface area (Å²) in [5, 5.41) is 4.11. The number of thioether (sulfide) groups is 1. The largest absolute Gasteiger partial charge is 0.349 e. The molecule has 5 nitrogen and oxygen atoms in total. The maximum atomic E-state index is 13.0. The van der Waals surface area contributed by atoms with Crippen molar-refractivity contribution < 1.29 is 9.18 Å². The Morgan fingerprint density at radius 2 is 2.00 bits per heavy atom. The number of hydrogen-bond acceptors (Lipinski definition) is 5. The number of nitrogens with zero attached hydrogens (tertiary/aromatic N) is 2. The van der Waals surface area contributed by atoms with Crippen LogP contribution < -0.4 is 10.9 Å². The summed E-state index contributed by atoms with van der Waals surface area (Å²) < 4.78 is 14.7. The molecule has 1 N–H and O–H groups in total. The molecule has 0 saturated heterocycles.